The van der Waals surface area contributed by atoms with Gasteiger partial charge in [0.05, 0.1) is 6.54 Å². The second kappa shape index (κ2) is 10.5. The molecule has 6 heteroatoms. The van der Waals surface area contributed by atoms with Crippen molar-refractivity contribution in [2.45, 2.75) is 51.7 Å². The van der Waals surface area contributed by atoms with E-state index in [0.717, 1.165) is 24.0 Å². The van der Waals surface area contributed by atoms with Crippen molar-refractivity contribution >= 4 is 29.9 Å². The third-order valence-electron chi connectivity index (χ3n) is 3.64. The molecule has 5 nitrogen and oxygen atoms in total. The van der Waals surface area contributed by atoms with Crippen molar-refractivity contribution in [3.8, 4) is 5.88 Å². The Morgan fingerprint density at radius 2 is 2.17 bits per heavy atom. The van der Waals surface area contributed by atoms with Crippen molar-refractivity contribution in [3.05, 3.63) is 36.0 Å². The van der Waals surface area contributed by atoms with Crippen LogP contribution in [-0.2, 0) is 6.54 Å². The largest absolute Gasteiger partial charge is 0.474 e. The quantitative estimate of drug-likeness (QED) is 0.314. The Morgan fingerprint density at radius 1 is 1.43 bits per heavy atom. The lowest BCUT2D eigenvalue weighted by molar-refractivity contribution is 0.148. The molecule has 0 unspecified atom stereocenters. The molecule has 1 heterocycles. The van der Waals surface area contributed by atoms with Crippen molar-refractivity contribution < 1.29 is 4.74 Å². The Bertz CT molecular complexity index is 527. The number of aliphatic imine (C=N–C) groups is 1. The normalized spacial score (nSPS) is 15.6. The van der Waals surface area contributed by atoms with Crippen LogP contribution >= 0.6 is 24.0 Å². The van der Waals surface area contributed by atoms with Crippen molar-refractivity contribution in [1.82, 2.24) is 10.3 Å². The van der Waals surface area contributed by atoms with Crippen LogP contribution in [-0.4, -0.2) is 23.6 Å². The first-order chi connectivity index (χ1) is 10.6. The van der Waals surface area contributed by atoms with Crippen LogP contribution in [0, 0.1) is 0 Å². The zero-order chi connectivity index (χ0) is 15.8. The van der Waals surface area contributed by atoms with Gasteiger partial charge in [-0.2, -0.15) is 0 Å². The Hall–Kier alpha value is -1.31. The van der Waals surface area contributed by atoms with E-state index in [9.17, 15) is 0 Å². The number of guanidine groups is 1. The molecule has 0 saturated heterocycles. The number of hydrogen-bond donors (Lipinski definition) is 2. The Labute approximate surface area is 155 Å². The molecule has 128 valence electrons. The summed E-state index contributed by atoms with van der Waals surface area (Å²) < 4.78 is 5.96. The first kappa shape index (κ1) is 19.7. The summed E-state index contributed by atoms with van der Waals surface area (Å²) in [6, 6.07) is 3.88. The summed E-state index contributed by atoms with van der Waals surface area (Å²) >= 11 is 0. The van der Waals surface area contributed by atoms with Gasteiger partial charge in [0, 0.05) is 18.8 Å². The fourth-order valence-corrected chi connectivity index (χ4v) is 2.44. The van der Waals surface area contributed by atoms with Crippen LogP contribution in [0.5, 0.6) is 5.88 Å². The van der Waals surface area contributed by atoms with E-state index in [-0.39, 0.29) is 24.0 Å². The second-order valence-corrected chi connectivity index (χ2v) is 5.89. The highest BCUT2D eigenvalue weighted by atomic mass is 127. The number of nitrogens with zero attached hydrogens (tertiary/aromatic N) is 2. The summed E-state index contributed by atoms with van der Waals surface area (Å²) in [6.07, 6.45) is 8.14. The van der Waals surface area contributed by atoms with Gasteiger partial charge in [-0.1, -0.05) is 18.6 Å². The molecule has 0 bridgehead atoms. The highest BCUT2D eigenvalue weighted by molar-refractivity contribution is 14.0. The number of nitrogens with one attached hydrogen (secondary N) is 1. The van der Waals surface area contributed by atoms with Crippen molar-refractivity contribution in [2.75, 3.05) is 6.54 Å². The molecule has 1 aliphatic rings. The molecule has 3 N–H and O–H groups in total. The maximum atomic E-state index is 5.96. The zero-order valence-corrected chi connectivity index (χ0v) is 16.1. The molecular formula is C17H27IN4O. The molecule has 1 aromatic rings. The molecule has 1 fully saturated rings. The lowest BCUT2D eigenvalue weighted by atomic mass is 9.98. The highest BCUT2D eigenvalue weighted by Crippen LogP contribution is 2.22. The van der Waals surface area contributed by atoms with Crippen LogP contribution in [0.2, 0.25) is 0 Å². The maximum absolute atomic E-state index is 5.96. The smallest absolute Gasteiger partial charge is 0.213 e. The van der Waals surface area contributed by atoms with E-state index in [1.807, 2.05) is 19.1 Å². The molecule has 0 radical (unpaired) electrons. The molecular weight excluding hydrogens is 403 g/mol. The van der Waals surface area contributed by atoms with Crippen LogP contribution in [0.15, 0.2) is 35.5 Å². The minimum Gasteiger partial charge on any atom is -0.474 e. The molecule has 0 aromatic carbocycles. The van der Waals surface area contributed by atoms with E-state index in [2.05, 4.69) is 21.9 Å². The number of hydrogen-bond acceptors (Lipinski definition) is 3. The number of halogens is 1. The van der Waals surface area contributed by atoms with Gasteiger partial charge in [0.2, 0.25) is 5.88 Å². The third-order valence-corrected chi connectivity index (χ3v) is 3.64. The summed E-state index contributed by atoms with van der Waals surface area (Å²) in [6.45, 7) is 6.91. The summed E-state index contributed by atoms with van der Waals surface area (Å²) in [7, 11) is 0. The molecule has 0 amide bonds. The van der Waals surface area contributed by atoms with Crippen LogP contribution in [0.25, 0.3) is 0 Å². The van der Waals surface area contributed by atoms with Gasteiger partial charge in [0.25, 0.3) is 0 Å². The van der Waals surface area contributed by atoms with Gasteiger partial charge in [-0.05, 0) is 44.2 Å². The number of nitrogens with two attached hydrogens (primary N) is 1. The molecule has 2 rings (SSSR count). The Morgan fingerprint density at radius 3 is 2.87 bits per heavy atom. The maximum Gasteiger partial charge on any atom is 0.213 e. The van der Waals surface area contributed by atoms with Crippen molar-refractivity contribution in [3.63, 3.8) is 0 Å². The average molecular weight is 430 g/mol. The van der Waals surface area contributed by atoms with E-state index in [0.29, 0.717) is 31.0 Å². The topological polar surface area (TPSA) is 72.5 Å². The van der Waals surface area contributed by atoms with Gasteiger partial charge in [0.15, 0.2) is 5.96 Å². The van der Waals surface area contributed by atoms with Crippen LogP contribution in [0.1, 0.15) is 44.6 Å². The number of rotatable bonds is 6. The summed E-state index contributed by atoms with van der Waals surface area (Å²) in [4.78, 5) is 8.60. The molecule has 1 saturated carbocycles. The summed E-state index contributed by atoms with van der Waals surface area (Å²) in [5.41, 5.74) is 7.87. The standard InChI is InChI=1S/C17H26N4O.HI/c1-13(2)11-20-17(18)21-12-14-8-9-19-16(10-14)22-15-6-4-3-5-7-15;/h8-10,15H,1,3-7,11-12H2,2H3,(H3,18,20,21);1H. The average Bonchev–Trinajstić information content (AvgIpc) is 2.52. The van der Waals surface area contributed by atoms with E-state index in [1.54, 1.807) is 6.20 Å². The number of pyridine rings is 1. The Balaban J connectivity index is 0.00000264. The van der Waals surface area contributed by atoms with Crippen molar-refractivity contribution in [2.24, 2.45) is 10.7 Å². The van der Waals surface area contributed by atoms with Gasteiger partial charge >= 0.3 is 0 Å². The SMILES string of the molecule is C=C(C)CNC(N)=NCc1ccnc(OC2CCCCC2)c1.I. The van der Waals surface area contributed by atoms with E-state index < -0.39 is 0 Å². The Kier molecular flexibility index (Phi) is 8.98. The fraction of sp³-hybridized carbons (Fsp3) is 0.529. The van der Waals surface area contributed by atoms with Gasteiger partial charge < -0.3 is 15.8 Å². The molecule has 23 heavy (non-hydrogen) atoms. The summed E-state index contributed by atoms with van der Waals surface area (Å²) in [5.74, 6) is 1.11. The molecule has 0 atom stereocenters. The predicted octanol–water partition coefficient (Wildman–Crippen LogP) is 3.39. The van der Waals surface area contributed by atoms with E-state index in [1.165, 1.54) is 19.3 Å². The van der Waals surface area contributed by atoms with Crippen LogP contribution in [0.4, 0.5) is 0 Å². The van der Waals surface area contributed by atoms with Crippen LogP contribution < -0.4 is 15.8 Å². The first-order valence-corrected chi connectivity index (χ1v) is 7.93. The number of ether oxygens (including phenoxy) is 1. The monoisotopic (exact) mass is 430 g/mol. The van der Waals surface area contributed by atoms with Gasteiger partial charge in [-0.25, -0.2) is 9.98 Å². The first-order valence-electron chi connectivity index (χ1n) is 7.93. The zero-order valence-electron chi connectivity index (χ0n) is 13.8. The molecule has 0 spiro atoms. The van der Waals surface area contributed by atoms with Gasteiger partial charge in [-0.15, -0.1) is 24.0 Å². The van der Waals surface area contributed by atoms with Crippen LogP contribution in [0.3, 0.4) is 0 Å². The van der Waals surface area contributed by atoms with Gasteiger partial charge in [-0.3, -0.25) is 0 Å². The molecule has 1 aromatic heterocycles. The minimum atomic E-state index is 0. The summed E-state index contributed by atoms with van der Waals surface area (Å²) in [5, 5.41) is 3.01. The molecule has 0 aliphatic heterocycles. The van der Waals surface area contributed by atoms with Gasteiger partial charge in [0.1, 0.15) is 6.10 Å². The second-order valence-electron chi connectivity index (χ2n) is 5.89. The van der Waals surface area contributed by atoms with E-state index >= 15 is 0 Å². The lowest BCUT2D eigenvalue weighted by Gasteiger charge is -2.22. The van der Waals surface area contributed by atoms with E-state index in [4.69, 9.17) is 10.5 Å². The predicted molar refractivity (Wildman–Crippen MR) is 105 cm³/mol. The highest BCUT2D eigenvalue weighted by Gasteiger charge is 2.15. The third kappa shape index (κ3) is 7.67. The molecule has 1 aliphatic carbocycles. The van der Waals surface area contributed by atoms with Crippen molar-refractivity contribution in [1.29, 1.82) is 0 Å². The minimum absolute atomic E-state index is 0. The number of aromatic nitrogens is 1. The fourth-order valence-electron chi connectivity index (χ4n) is 2.44. The lowest BCUT2D eigenvalue weighted by Crippen LogP contribution is -2.32.